The van der Waals surface area contributed by atoms with Crippen LogP contribution in [0.15, 0.2) is 28.7 Å². The van der Waals surface area contributed by atoms with E-state index in [4.69, 9.17) is 9.52 Å². The number of carboxylic acid groups (broad SMARTS) is 1. The van der Waals surface area contributed by atoms with E-state index in [1.165, 1.54) is 7.11 Å². The van der Waals surface area contributed by atoms with Gasteiger partial charge >= 0.3 is 12.1 Å². The van der Waals surface area contributed by atoms with Crippen LogP contribution in [-0.4, -0.2) is 24.3 Å². The van der Waals surface area contributed by atoms with Gasteiger partial charge in [-0.3, -0.25) is 0 Å². The number of nitrogens with one attached hydrogen (secondary N) is 1. The lowest BCUT2D eigenvalue weighted by molar-refractivity contribution is 0.0600. The summed E-state index contributed by atoms with van der Waals surface area (Å²) in [5.41, 5.74) is 0.895. The van der Waals surface area contributed by atoms with E-state index in [1.54, 1.807) is 31.2 Å². The Balaban J connectivity index is 2.35. The van der Waals surface area contributed by atoms with Crippen molar-refractivity contribution in [1.82, 2.24) is 5.32 Å². The van der Waals surface area contributed by atoms with Gasteiger partial charge in [0.2, 0.25) is 0 Å². The van der Waals surface area contributed by atoms with Crippen molar-refractivity contribution >= 4 is 23.0 Å². The van der Waals surface area contributed by atoms with Crippen molar-refractivity contribution in [2.24, 2.45) is 0 Å². The molecule has 1 heterocycles. The molecule has 0 aliphatic carbocycles. The Kier molecular flexibility index (Phi) is 3.41. The lowest BCUT2D eigenvalue weighted by atomic mass is 10.1. The van der Waals surface area contributed by atoms with E-state index in [-0.39, 0.29) is 0 Å². The topological polar surface area (TPSA) is 88.8 Å². The standard InChI is InChI=1S/C13H13NO5/c1-7(14-13(16)17)10-5-8-3-4-9(12(15)18-2)6-11(8)19-10/h3-7,14H,1-2H3,(H,16,17). The lowest BCUT2D eigenvalue weighted by Crippen LogP contribution is -2.23. The lowest BCUT2D eigenvalue weighted by Gasteiger charge is -2.06. The van der Waals surface area contributed by atoms with Crippen LogP contribution in [0.1, 0.15) is 29.1 Å². The van der Waals surface area contributed by atoms with E-state index in [0.29, 0.717) is 16.9 Å². The number of hydrogen-bond donors (Lipinski definition) is 2. The summed E-state index contributed by atoms with van der Waals surface area (Å²) in [6.45, 7) is 1.67. The molecule has 1 amide bonds. The predicted molar refractivity (Wildman–Crippen MR) is 67.1 cm³/mol. The maximum absolute atomic E-state index is 11.4. The van der Waals surface area contributed by atoms with Crippen molar-refractivity contribution in [3.8, 4) is 0 Å². The van der Waals surface area contributed by atoms with E-state index in [0.717, 1.165) is 5.39 Å². The van der Waals surface area contributed by atoms with Crippen LogP contribution in [0.3, 0.4) is 0 Å². The van der Waals surface area contributed by atoms with Gasteiger partial charge in [0.1, 0.15) is 11.3 Å². The van der Waals surface area contributed by atoms with Crippen LogP contribution in [0.25, 0.3) is 11.0 Å². The highest BCUT2D eigenvalue weighted by atomic mass is 16.5. The van der Waals surface area contributed by atoms with Gasteiger partial charge in [-0.25, -0.2) is 9.59 Å². The molecule has 6 nitrogen and oxygen atoms in total. The van der Waals surface area contributed by atoms with Gasteiger partial charge in [-0.2, -0.15) is 0 Å². The van der Waals surface area contributed by atoms with Crippen molar-refractivity contribution in [2.75, 3.05) is 7.11 Å². The quantitative estimate of drug-likeness (QED) is 0.831. The summed E-state index contributed by atoms with van der Waals surface area (Å²) in [6, 6.07) is 6.19. The van der Waals surface area contributed by atoms with Gasteiger partial charge in [0.25, 0.3) is 0 Å². The Morgan fingerprint density at radius 1 is 1.37 bits per heavy atom. The summed E-state index contributed by atoms with van der Waals surface area (Å²) in [5, 5.41) is 11.7. The maximum Gasteiger partial charge on any atom is 0.405 e. The molecule has 6 heteroatoms. The number of rotatable bonds is 3. The Morgan fingerprint density at radius 2 is 2.11 bits per heavy atom. The van der Waals surface area contributed by atoms with Crippen molar-refractivity contribution in [3.05, 3.63) is 35.6 Å². The molecule has 1 aromatic heterocycles. The number of hydrogen-bond acceptors (Lipinski definition) is 4. The molecule has 0 aliphatic rings. The van der Waals surface area contributed by atoms with Crippen LogP contribution in [0.2, 0.25) is 0 Å². The molecule has 0 radical (unpaired) electrons. The number of carbonyl (C=O) groups is 2. The van der Waals surface area contributed by atoms with Gasteiger partial charge in [0, 0.05) is 5.39 Å². The molecule has 0 bridgehead atoms. The van der Waals surface area contributed by atoms with Crippen molar-refractivity contribution < 1.29 is 23.8 Å². The minimum atomic E-state index is -1.12. The number of carbonyl (C=O) groups excluding carboxylic acids is 1. The SMILES string of the molecule is COC(=O)c1ccc2cc(C(C)NC(=O)O)oc2c1. The zero-order valence-corrected chi connectivity index (χ0v) is 10.5. The zero-order chi connectivity index (χ0) is 14.0. The average Bonchev–Trinajstić information content (AvgIpc) is 2.79. The average molecular weight is 263 g/mol. The molecule has 0 aliphatic heterocycles. The molecular formula is C13H13NO5. The molecule has 2 aromatic rings. The van der Waals surface area contributed by atoms with Gasteiger partial charge in [-0.05, 0) is 25.1 Å². The first-order chi connectivity index (χ1) is 9.01. The molecule has 0 saturated carbocycles. The van der Waals surface area contributed by atoms with E-state index in [2.05, 4.69) is 10.1 Å². The first-order valence-corrected chi connectivity index (χ1v) is 5.62. The van der Waals surface area contributed by atoms with Gasteiger partial charge in [-0.1, -0.05) is 6.07 Å². The van der Waals surface area contributed by atoms with Crippen molar-refractivity contribution in [3.63, 3.8) is 0 Å². The summed E-state index contributed by atoms with van der Waals surface area (Å²) in [4.78, 5) is 22.0. The predicted octanol–water partition coefficient (Wildman–Crippen LogP) is 2.55. The molecule has 2 rings (SSSR count). The van der Waals surface area contributed by atoms with Crippen LogP contribution < -0.4 is 5.32 Å². The Hall–Kier alpha value is -2.50. The summed E-state index contributed by atoms with van der Waals surface area (Å²) in [6.07, 6.45) is -1.12. The van der Waals surface area contributed by atoms with Gasteiger partial charge in [0.05, 0.1) is 18.7 Å². The van der Waals surface area contributed by atoms with Crippen LogP contribution in [0.4, 0.5) is 4.79 Å². The summed E-state index contributed by atoms with van der Waals surface area (Å²) in [7, 11) is 1.30. The number of furan rings is 1. The van der Waals surface area contributed by atoms with E-state index in [1.807, 2.05) is 0 Å². The third-order valence-corrected chi connectivity index (χ3v) is 2.73. The van der Waals surface area contributed by atoms with Gasteiger partial charge < -0.3 is 19.6 Å². The third kappa shape index (κ3) is 2.67. The number of amides is 1. The van der Waals surface area contributed by atoms with Gasteiger partial charge in [-0.15, -0.1) is 0 Å². The Morgan fingerprint density at radius 3 is 2.74 bits per heavy atom. The molecule has 1 aromatic carbocycles. The molecule has 1 unspecified atom stereocenters. The number of benzene rings is 1. The second-order valence-corrected chi connectivity index (χ2v) is 4.06. The van der Waals surface area contributed by atoms with Crippen molar-refractivity contribution in [2.45, 2.75) is 13.0 Å². The fourth-order valence-electron chi connectivity index (χ4n) is 1.77. The highest BCUT2D eigenvalue weighted by Crippen LogP contribution is 2.25. The first-order valence-electron chi connectivity index (χ1n) is 5.62. The van der Waals surface area contributed by atoms with Crippen LogP contribution in [0, 0.1) is 0 Å². The van der Waals surface area contributed by atoms with Crippen LogP contribution in [0.5, 0.6) is 0 Å². The maximum atomic E-state index is 11.4. The molecule has 0 saturated heterocycles. The second-order valence-electron chi connectivity index (χ2n) is 4.06. The monoisotopic (exact) mass is 263 g/mol. The molecule has 2 N–H and O–H groups in total. The highest BCUT2D eigenvalue weighted by molar-refractivity contribution is 5.94. The number of methoxy groups -OCH3 is 1. The molecular weight excluding hydrogens is 250 g/mol. The Labute approximate surface area is 109 Å². The first kappa shape index (κ1) is 12.9. The smallest absolute Gasteiger partial charge is 0.405 e. The minimum absolute atomic E-state index is 0.384. The summed E-state index contributed by atoms with van der Waals surface area (Å²) < 4.78 is 10.2. The van der Waals surface area contributed by atoms with E-state index < -0.39 is 18.1 Å². The second kappa shape index (κ2) is 5.01. The van der Waals surface area contributed by atoms with Crippen LogP contribution in [-0.2, 0) is 4.74 Å². The molecule has 19 heavy (non-hydrogen) atoms. The zero-order valence-electron chi connectivity index (χ0n) is 10.5. The van der Waals surface area contributed by atoms with Crippen LogP contribution >= 0.6 is 0 Å². The molecule has 100 valence electrons. The molecule has 0 spiro atoms. The Bertz CT molecular complexity index is 631. The summed E-state index contributed by atoms with van der Waals surface area (Å²) >= 11 is 0. The number of esters is 1. The molecule has 0 fully saturated rings. The fraction of sp³-hybridized carbons (Fsp3) is 0.231. The normalized spacial score (nSPS) is 12.1. The largest absolute Gasteiger partial charge is 0.465 e. The number of fused-ring (bicyclic) bond motifs is 1. The van der Waals surface area contributed by atoms with E-state index in [9.17, 15) is 9.59 Å². The van der Waals surface area contributed by atoms with Gasteiger partial charge in [0.15, 0.2) is 0 Å². The van der Waals surface area contributed by atoms with Crippen molar-refractivity contribution in [1.29, 1.82) is 0 Å². The highest BCUT2D eigenvalue weighted by Gasteiger charge is 2.15. The number of ether oxygens (including phenoxy) is 1. The fourth-order valence-corrected chi connectivity index (χ4v) is 1.77. The molecule has 1 atom stereocenters. The van der Waals surface area contributed by atoms with E-state index >= 15 is 0 Å². The minimum Gasteiger partial charge on any atom is -0.465 e. The summed E-state index contributed by atoms with van der Waals surface area (Å²) in [5.74, 6) is 0.0379. The third-order valence-electron chi connectivity index (χ3n) is 2.73.